The second-order valence-corrected chi connectivity index (χ2v) is 4.71. The van der Waals surface area contributed by atoms with Crippen molar-refractivity contribution in [2.24, 2.45) is 7.05 Å². The Labute approximate surface area is 110 Å². The number of hydrogen-bond acceptors (Lipinski definition) is 4. The van der Waals surface area contributed by atoms with Gasteiger partial charge in [0.25, 0.3) is 0 Å². The second-order valence-electron chi connectivity index (χ2n) is 4.71. The molecule has 2 aromatic rings. The molecule has 2 aromatic heterocycles. The van der Waals surface area contributed by atoms with Crippen molar-refractivity contribution in [1.82, 2.24) is 14.5 Å². The molecule has 6 nitrogen and oxygen atoms in total. The predicted octanol–water partition coefficient (Wildman–Crippen LogP) is 1.17. The number of pyridine rings is 1. The Kier molecular flexibility index (Phi) is 2.51. The summed E-state index contributed by atoms with van der Waals surface area (Å²) in [5.74, 6) is 0.647. The number of rotatable bonds is 2. The number of imidazole rings is 1. The Morgan fingerprint density at radius 1 is 1.32 bits per heavy atom. The minimum absolute atomic E-state index is 0.174. The summed E-state index contributed by atoms with van der Waals surface area (Å²) >= 11 is 0. The van der Waals surface area contributed by atoms with Crippen LogP contribution < -0.4 is 4.90 Å². The SMILES string of the molecule is CN1CCc2cc(-c3ncc(C(=O)O)n3C)cnc21. The molecule has 0 spiro atoms. The molecule has 19 heavy (non-hydrogen) atoms. The van der Waals surface area contributed by atoms with Gasteiger partial charge >= 0.3 is 5.97 Å². The van der Waals surface area contributed by atoms with Crippen LogP contribution in [0, 0.1) is 0 Å². The highest BCUT2D eigenvalue weighted by Crippen LogP contribution is 2.28. The zero-order valence-corrected chi connectivity index (χ0v) is 10.8. The number of likely N-dealkylation sites (N-methyl/N-ethyl adjacent to an activating group) is 1. The molecule has 0 radical (unpaired) electrons. The van der Waals surface area contributed by atoms with Crippen molar-refractivity contribution in [3.8, 4) is 11.4 Å². The molecule has 3 heterocycles. The fourth-order valence-corrected chi connectivity index (χ4v) is 2.42. The first-order valence-corrected chi connectivity index (χ1v) is 6.03. The monoisotopic (exact) mass is 258 g/mol. The molecule has 0 saturated carbocycles. The summed E-state index contributed by atoms with van der Waals surface area (Å²) in [7, 11) is 3.72. The Bertz CT molecular complexity index is 663. The molecule has 0 bridgehead atoms. The first-order valence-electron chi connectivity index (χ1n) is 6.03. The average Bonchev–Trinajstić information content (AvgIpc) is 2.93. The Balaban J connectivity index is 2.06. The molecule has 1 N–H and O–H groups in total. The average molecular weight is 258 g/mol. The second kappa shape index (κ2) is 4.08. The number of hydrogen-bond donors (Lipinski definition) is 1. The molecule has 0 atom stereocenters. The van der Waals surface area contributed by atoms with Gasteiger partial charge in [-0.1, -0.05) is 0 Å². The molecule has 0 unspecified atom stereocenters. The molecule has 98 valence electrons. The van der Waals surface area contributed by atoms with Gasteiger partial charge in [0.2, 0.25) is 0 Å². The molecule has 0 fully saturated rings. The number of nitrogens with zero attached hydrogens (tertiary/aromatic N) is 4. The third-order valence-electron chi connectivity index (χ3n) is 3.49. The standard InChI is InChI=1S/C13H14N4O2/c1-16-4-3-8-5-9(6-14-11(8)16)12-15-7-10(13(18)19)17(12)2/h5-7H,3-4H2,1-2H3,(H,18,19). The Hall–Kier alpha value is -2.37. The Morgan fingerprint density at radius 3 is 2.79 bits per heavy atom. The van der Waals surface area contributed by atoms with E-state index in [1.807, 2.05) is 13.1 Å². The van der Waals surface area contributed by atoms with Crippen LogP contribution in [0.15, 0.2) is 18.5 Å². The largest absolute Gasteiger partial charge is 0.477 e. The van der Waals surface area contributed by atoms with E-state index in [0.29, 0.717) is 5.82 Å². The first-order chi connectivity index (χ1) is 9.08. The summed E-state index contributed by atoms with van der Waals surface area (Å²) in [4.78, 5) is 21.7. The topological polar surface area (TPSA) is 71.2 Å². The lowest BCUT2D eigenvalue weighted by Crippen LogP contribution is -2.13. The van der Waals surface area contributed by atoms with Crippen molar-refractivity contribution >= 4 is 11.8 Å². The van der Waals surface area contributed by atoms with E-state index in [0.717, 1.165) is 24.3 Å². The fourth-order valence-electron chi connectivity index (χ4n) is 2.42. The maximum absolute atomic E-state index is 11.0. The van der Waals surface area contributed by atoms with Crippen LogP contribution in [0.3, 0.4) is 0 Å². The molecule has 3 rings (SSSR count). The van der Waals surface area contributed by atoms with Gasteiger partial charge in [0.15, 0.2) is 0 Å². The predicted molar refractivity (Wildman–Crippen MR) is 70.4 cm³/mol. The number of aromatic carboxylic acids is 1. The fraction of sp³-hybridized carbons (Fsp3) is 0.308. The quantitative estimate of drug-likeness (QED) is 0.875. The molecule has 0 saturated heterocycles. The van der Waals surface area contributed by atoms with Gasteiger partial charge in [-0.15, -0.1) is 0 Å². The van der Waals surface area contributed by atoms with Crippen LogP contribution in [-0.4, -0.2) is 39.2 Å². The van der Waals surface area contributed by atoms with Crippen molar-refractivity contribution in [3.63, 3.8) is 0 Å². The number of anilines is 1. The van der Waals surface area contributed by atoms with E-state index < -0.39 is 5.97 Å². The van der Waals surface area contributed by atoms with E-state index in [1.165, 1.54) is 11.8 Å². The van der Waals surface area contributed by atoms with Crippen LogP contribution in [0.2, 0.25) is 0 Å². The zero-order valence-electron chi connectivity index (χ0n) is 10.8. The summed E-state index contributed by atoms with van der Waals surface area (Å²) in [5, 5.41) is 9.03. The van der Waals surface area contributed by atoms with Crippen LogP contribution in [0.4, 0.5) is 5.82 Å². The summed E-state index contributed by atoms with van der Waals surface area (Å²) < 4.78 is 1.57. The smallest absolute Gasteiger partial charge is 0.354 e. The Morgan fingerprint density at radius 2 is 2.11 bits per heavy atom. The minimum atomic E-state index is -0.977. The highest BCUT2D eigenvalue weighted by molar-refractivity contribution is 5.86. The normalized spacial score (nSPS) is 13.7. The summed E-state index contributed by atoms with van der Waals surface area (Å²) in [5.41, 5.74) is 2.21. The van der Waals surface area contributed by atoms with Crippen LogP contribution in [0.5, 0.6) is 0 Å². The lowest BCUT2D eigenvalue weighted by Gasteiger charge is -2.10. The van der Waals surface area contributed by atoms with Crippen molar-refractivity contribution in [3.05, 3.63) is 29.7 Å². The lowest BCUT2D eigenvalue weighted by molar-refractivity contribution is 0.0686. The lowest BCUT2D eigenvalue weighted by atomic mass is 10.1. The molecule has 0 aromatic carbocycles. The number of carboxylic acid groups (broad SMARTS) is 1. The third-order valence-corrected chi connectivity index (χ3v) is 3.49. The highest BCUT2D eigenvalue weighted by atomic mass is 16.4. The van der Waals surface area contributed by atoms with Crippen LogP contribution in [0.1, 0.15) is 16.1 Å². The van der Waals surface area contributed by atoms with E-state index in [-0.39, 0.29) is 5.69 Å². The van der Waals surface area contributed by atoms with E-state index >= 15 is 0 Å². The molecule has 0 amide bonds. The van der Waals surface area contributed by atoms with E-state index in [2.05, 4.69) is 14.9 Å². The van der Waals surface area contributed by atoms with Crippen LogP contribution in [-0.2, 0) is 13.5 Å². The summed E-state index contributed by atoms with van der Waals surface area (Å²) in [6.45, 7) is 0.965. The van der Waals surface area contributed by atoms with Gasteiger partial charge in [0, 0.05) is 32.4 Å². The summed E-state index contributed by atoms with van der Waals surface area (Å²) in [6.07, 6.45) is 4.08. The van der Waals surface area contributed by atoms with E-state index in [1.54, 1.807) is 17.8 Å². The molecule has 1 aliphatic heterocycles. The van der Waals surface area contributed by atoms with Gasteiger partial charge in [0.05, 0.1) is 6.20 Å². The van der Waals surface area contributed by atoms with Gasteiger partial charge < -0.3 is 14.6 Å². The van der Waals surface area contributed by atoms with Gasteiger partial charge in [-0.05, 0) is 18.1 Å². The number of aromatic nitrogens is 3. The van der Waals surface area contributed by atoms with E-state index in [9.17, 15) is 4.79 Å². The minimum Gasteiger partial charge on any atom is -0.477 e. The van der Waals surface area contributed by atoms with Crippen molar-refractivity contribution in [2.45, 2.75) is 6.42 Å². The van der Waals surface area contributed by atoms with Crippen molar-refractivity contribution in [1.29, 1.82) is 0 Å². The molecule has 1 aliphatic rings. The molecular weight excluding hydrogens is 244 g/mol. The first kappa shape index (κ1) is 11.7. The van der Waals surface area contributed by atoms with Crippen LogP contribution >= 0.6 is 0 Å². The molecular formula is C13H14N4O2. The van der Waals surface area contributed by atoms with Gasteiger partial charge in [-0.3, -0.25) is 0 Å². The maximum Gasteiger partial charge on any atom is 0.354 e. The van der Waals surface area contributed by atoms with Gasteiger partial charge in [0.1, 0.15) is 17.3 Å². The summed E-state index contributed by atoms with van der Waals surface area (Å²) in [6, 6.07) is 2.04. The molecule has 6 heteroatoms. The zero-order chi connectivity index (χ0) is 13.6. The van der Waals surface area contributed by atoms with Gasteiger partial charge in [-0.2, -0.15) is 0 Å². The number of carboxylic acids is 1. The van der Waals surface area contributed by atoms with Crippen molar-refractivity contribution < 1.29 is 9.90 Å². The molecule has 0 aliphatic carbocycles. The number of carbonyl (C=O) groups is 1. The number of fused-ring (bicyclic) bond motifs is 1. The third kappa shape index (κ3) is 1.76. The van der Waals surface area contributed by atoms with E-state index in [4.69, 9.17) is 5.11 Å². The van der Waals surface area contributed by atoms with Gasteiger partial charge in [-0.25, -0.2) is 14.8 Å². The van der Waals surface area contributed by atoms with Crippen molar-refractivity contribution in [2.75, 3.05) is 18.5 Å². The highest BCUT2D eigenvalue weighted by Gasteiger charge is 2.20. The maximum atomic E-state index is 11.0. The van der Waals surface area contributed by atoms with Crippen LogP contribution in [0.25, 0.3) is 11.4 Å².